The third-order valence-electron chi connectivity index (χ3n) is 2.01. The number of urea groups is 1. The average Bonchev–Trinajstić information content (AvgIpc) is 2.34. The van der Waals surface area contributed by atoms with Gasteiger partial charge in [0, 0.05) is 12.7 Å². The number of methoxy groups -OCH3 is 2. The van der Waals surface area contributed by atoms with Gasteiger partial charge in [-0.2, -0.15) is 5.10 Å². The van der Waals surface area contributed by atoms with E-state index < -0.39 is 6.03 Å². The van der Waals surface area contributed by atoms with Gasteiger partial charge < -0.3 is 15.2 Å². The third kappa shape index (κ3) is 4.12. The van der Waals surface area contributed by atoms with Crippen LogP contribution in [0.1, 0.15) is 5.56 Å². The van der Waals surface area contributed by atoms with Gasteiger partial charge in [-0.15, -0.1) is 0 Å². The fourth-order valence-electron chi connectivity index (χ4n) is 1.22. The minimum absolute atomic E-state index is 0.270. The number of hydrogen-bond donors (Lipinski definition) is 2. The van der Waals surface area contributed by atoms with Crippen molar-refractivity contribution in [3.05, 3.63) is 29.8 Å². The number of nitrogens with two attached hydrogens (primary N) is 1. The molecule has 0 saturated carbocycles. The molecule has 0 saturated heterocycles. The van der Waals surface area contributed by atoms with E-state index in [1.807, 2.05) is 12.1 Å². The molecule has 17 heavy (non-hydrogen) atoms. The summed E-state index contributed by atoms with van der Waals surface area (Å²) in [6.07, 6.45) is 0. The highest BCUT2D eigenvalue weighted by Crippen LogP contribution is 2.12. The molecule has 0 atom stereocenters. The van der Waals surface area contributed by atoms with E-state index in [0.29, 0.717) is 5.71 Å². The Balaban J connectivity index is 2.88. The Bertz CT molecular complexity index is 401. The minimum atomic E-state index is -0.716. The Hall–Kier alpha value is -2.08. The van der Waals surface area contributed by atoms with Crippen molar-refractivity contribution in [2.24, 2.45) is 10.8 Å². The third-order valence-corrected chi connectivity index (χ3v) is 2.01. The number of carbonyl (C=O) groups excluding carboxylic acids is 1. The molecular formula is C11H15N3O3. The summed E-state index contributed by atoms with van der Waals surface area (Å²) in [4.78, 5) is 10.6. The van der Waals surface area contributed by atoms with E-state index in [1.54, 1.807) is 26.4 Å². The molecule has 0 fully saturated rings. The molecule has 0 aromatic heterocycles. The number of benzene rings is 1. The van der Waals surface area contributed by atoms with Crippen LogP contribution in [0.2, 0.25) is 0 Å². The molecule has 0 unspecified atom stereocenters. The van der Waals surface area contributed by atoms with Gasteiger partial charge in [-0.05, 0) is 24.3 Å². The number of primary amides is 1. The van der Waals surface area contributed by atoms with Crippen LogP contribution in [0, 0.1) is 0 Å². The van der Waals surface area contributed by atoms with Crippen molar-refractivity contribution >= 4 is 11.7 Å². The van der Waals surface area contributed by atoms with Gasteiger partial charge in [0.05, 0.1) is 19.4 Å². The van der Waals surface area contributed by atoms with Gasteiger partial charge in [-0.1, -0.05) is 0 Å². The van der Waals surface area contributed by atoms with Crippen molar-refractivity contribution in [1.29, 1.82) is 0 Å². The van der Waals surface area contributed by atoms with E-state index in [-0.39, 0.29) is 6.61 Å². The number of amides is 2. The second kappa shape index (κ2) is 6.49. The van der Waals surface area contributed by atoms with Gasteiger partial charge in [0.2, 0.25) is 0 Å². The van der Waals surface area contributed by atoms with E-state index in [4.69, 9.17) is 15.2 Å². The Morgan fingerprint density at radius 1 is 1.35 bits per heavy atom. The molecule has 1 rings (SSSR count). The predicted molar refractivity (Wildman–Crippen MR) is 64.1 cm³/mol. The van der Waals surface area contributed by atoms with Gasteiger partial charge >= 0.3 is 6.03 Å². The van der Waals surface area contributed by atoms with Crippen LogP contribution in [-0.4, -0.2) is 32.6 Å². The smallest absolute Gasteiger partial charge is 0.332 e. The van der Waals surface area contributed by atoms with E-state index >= 15 is 0 Å². The molecule has 6 nitrogen and oxygen atoms in total. The zero-order valence-electron chi connectivity index (χ0n) is 9.77. The molecule has 1 aromatic carbocycles. The normalized spacial score (nSPS) is 11.1. The second-order valence-electron chi connectivity index (χ2n) is 3.20. The Kier molecular flexibility index (Phi) is 4.96. The lowest BCUT2D eigenvalue weighted by atomic mass is 10.1. The van der Waals surface area contributed by atoms with Crippen LogP contribution in [-0.2, 0) is 4.74 Å². The zero-order valence-corrected chi connectivity index (χ0v) is 9.77. The fourth-order valence-corrected chi connectivity index (χ4v) is 1.22. The van der Waals surface area contributed by atoms with E-state index in [9.17, 15) is 4.79 Å². The summed E-state index contributed by atoms with van der Waals surface area (Å²) in [5.41, 5.74) is 8.51. The summed E-state index contributed by atoms with van der Waals surface area (Å²) < 4.78 is 10.0. The summed E-state index contributed by atoms with van der Waals surface area (Å²) in [6.45, 7) is 0.270. The molecule has 3 N–H and O–H groups in total. The molecule has 0 bridgehead atoms. The van der Waals surface area contributed by atoms with Crippen molar-refractivity contribution < 1.29 is 14.3 Å². The summed E-state index contributed by atoms with van der Waals surface area (Å²) in [7, 11) is 3.14. The van der Waals surface area contributed by atoms with Crippen LogP contribution in [0.25, 0.3) is 0 Å². The Morgan fingerprint density at radius 3 is 2.47 bits per heavy atom. The lowest BCUT2D eigenvalue weighted by Crippen LogP contribution is -2.27. The average molecular weight is 237 g/mol. The van der Waals surface area contributed by atoms with Gasteiger partial charge in [-0.25, -0.2) is 10.2 Å². The first-order chi connectivity index (χ1) is 8.17. The molecule has 0 aliphatic heterocycles. The van der Waals surface area contributed by atoms with Crippen molar-refractivity contribution in [1.82, 2.24) is 5.43 Å². The summed E-state index contributed by atoms with van der Waals surface area (Å²) >= 11 is 0. The van der Waals surface area contributed by atoms with Crippen LogP contribution in [0.4, 0.5) is 4.79 Å². The number of carbonyl (C=O) groups is 1. The molecule has 0 heterocycles. The Morgan fingerprint density at radius 2 is 2.00 bits per heavy atom. The number of ether oxygens (including phenoxy) is 2. The molecule has 92 valence electrons. The largest absolute Gasteiger partial charge is 0.497 e. The highest BCUT2D eigenvalue weighted by atomic mass is 16.5. The highest BCUT2D eigenvalue weighted by Gasteiger charge is 2.04. The first kappa shape index (κ1) is 13.0. The predicted octanol–water partition coefficient (Wildman–Crippen LogP) is 0.714. The van der Waals surface area contributed by atoms with Crippen LogP contribution in [0.15, 0.2) is 29.4 Å². The Labute approximate surface area is 99.4 Å². The van der Waals surface area contributed by atoms with Crippen molar-refractivity contribution in [3.8, 4) is 5.75 Å². The monoisotopic (exact) mass is 237 g/mol. The van der Waals surface area contributed by atoms with E-state index in [1.165, 1.54) is 0 Å². The molecule has 6 heteroatoms. The molecule has 0 spiro atoms. The van der Waals surface area contributed by atoms with Crippen molar-refractivity contribution in [3.63, 3.8) is 0 Å². The number of nitrogens with one attached hydrogen (secondary N) is 1. The molecule has 2 amide bonds. The molecule has 0 radical (unpaired) electrons. The first-order valence-electron chi connectivity index (χ1n) is 4.92. The first-order valence-corrected chi connectivity index (χ1v) is 4.92. The second-order valence-corrected chi connectivity index (χ2v) is 3.20. The lowest BCUT2D eigenvalue weighted by Gasteiger charge is -2.06. The maximum absolute atomic E-state index is 10.6. The molecule has 0 aliphatic carbocycles. The van der Waals surface area contributed by atoms with E-state index in [2.05, 4.69) is 10.5 Å². The van der Waals surface area contributed by atoms with Gasteiger partial charge in [0.15, 0.2) is 0 Å². The van der Waals surface area contributed by atoms with Gasteiger partial charge in [-0.3, -0.25) is 0 Å². The SMILES string of the molecule is COC/C(=N\NC(N)=O)c1ccc(OC)cc1. The van der Waals surface area contributed by atoms with Crippen molar-refractivity contribution in [2.75, 3.05) is 20.8 Å². The summed E-state index contributed by atoms with van der Waals surface area (Å²) in [5.74, 6) is 0.744. The van der Waals surface area contributed by atoms with E-state index in [0.717, 1.165) is 11.3 Å². The number of nitrogens with zero attached hydrogens (tertiary/aromatic N) is 1. The van der Waals surface area contributed by atoms with Crippen LogP contribution < -0.4 is 15.9 Å². The fraction of sp³-hybridized carbons (Fsp3) is 0.273. The highest BCUT2D eigenvalue weighted by molar-refractivity contribution is 6.02. The maximum atomic E-state index is 10.6. The number of rotatable bonds is 5. The number of hydrogen-bond acceptors (Lipinski definition) is 4. The molecular weight excluding hydrogens is 222 g/mol. The summed E-state index contributed by atoms with van der Waals surface area (Å²) in [5, 5.41) is 3.87. The standard InChI is InChI=1S/C11H15N3O3/c1-16-7-10(13-14-11(12)15)8-3-5-9(17-2)6-4-8/h3-6H,7H2,1-2H3,(H3,12,14,15)/b13-10+. The van der Waals surface area contributed by atoms with Crippen LogP contribution in [0.3, 0.4) is 0 Å². The summed E-state index contributed by atoms with van der Waals surface area (Å²) in [6, 6.07) is 6.51. The van der Waals surface area contributed by atoms with Gasteiger partial charge in [0.1, 0.15) is 5.75 Å². The van der Waals surface area contributed by atoms with Crippen molar-refractivity contribution in [2.45, 2.75) is 0 Å². The van der Waals surface area contributed by atoms with Crippen LogP contribution in [0.5, 0.6) is 5.75 Å². The minimum Gasteiger partial charge on any atom is -0.497 e. The topological polar surface area (TPSA) is 85.9 Å². The lowest BCUT2D eigenvalue weighted by molar-refractivity contribution is 0.243. The molecule has 0 aliphatic rings. The number of hydrazone groups is 1. The van der Waals surface area contributed by atoms with Crippen LogP contribution >= 0.6 is 0 Å². The quantitative estimate of drug-likeness (QED) is 0.584. The molecule has 1 aromatic rings. The zero-order chi connectivity index (χ0) is 12.7. The maximum Gasteiger partial charge on any atom is 0.332 e. The van der Waals surface area contributed by atoms with Gasteiger partial charge in [0.25, 0.3) is 0 Å².